The highest BCUT2D eigenvalue weighted by atomic mass is 32.2. The SMILES string of the molecule is CC(=O)NC[C@H]1CN(S(=O)(=O)c2cn(CCO)nc2C)c2cc(NC(=O)OC(C)(C)C(F)(F)F)ccc2O1. The van der Waals surface area contributed by atoms with Gasteiger partial charge in [0.2, 0.25) is 11.5 Å². The van der Waals surface area contributed by atoms with E-state index in [1.165, 1.54) is 42.9 Å². The number of amides is 2. The summed E-state index contributed by atoms with van der Waals surface area (Å²) in [4.78, 5) is 23.4. The van der Waals surface area contributed by atoms with Gasteiger partial charge in [-0.25, -0.2) is 13.2 Å². The van der Waals surface area contributed by atoms with E-state index >= 15 is 0 Å². The number of anilines is 2. The Kier molecular flexibility index (Phi) is 8.16. The summed E-state index contributed by atoms with van der Waals surface area (Å²) in [6.45, 7) is 3.69. The normalized spacial score (nSPS) is 15.9. The van der Waals surface area contributed by atoms with E-state index in [4.69, 9.17) is 4.74 Å². The van der Waals surface area contributed by atoms with Gasteiger partial charge in [-0.15, -0.1) is 0 Å². The molecule has 0 saturated carbocycles. The standard InChI is InChI=1S/C22H28F3N5O7S/c1-13-19(12-29(28-13)7-8-31)38(34,35)30-11-16(10-26-14(2)32)36-18-6-5-15(9-17(18)30)27-20(33)37-21(3,4)22(23,24)25/h5-6,9,12,16,31H,7-8,10-11H2,1-4H3,(H,26,32)(H,27,33)/t16-/m0/s1. The van der Waals surface area contributed by atoms with Gasteiger partial charge in [0.15, 0.2) is 0 Å². The molecule has 1 aliphatic heterocycles. The maximum Gasteiger partial charge on any atom is 0.427 e. The van der Waals surface area contributed by atoms with Crippen LogP contribution in [0, 0.1) is 6.92 Å². The van der Waals surface area contributed by atoms with Crippen molar-refractivity contribution in [2.45, 2.75) is 57.0 Å². The predicted octanol–water partition coefficient (Wildman–Crippen LogP) is 2.17. The summed E-state index contributed by atoms with van der Waals surface area (Å²) in [5, 5.41) is 18.0. The Morgan fingerprint density at radius 3 is 2.58 bits per heavy atom. The van der Waals surface area contributed by atoms with E-state index in [2.05, 4.69) is 20.5 Å². The van der Waals surface area contributed by atoms with Crippen LogP contribution >= 0.6 is 0 Å². The summed E-state index contributed by atoms with van der Waals surface area (Å²) in [7, 11) is -4.29. The molecule has 1 aliphatic rings. The van der Waals surface area contributed by atoms with Gasteiger partial charge in [-0.3, -0.25) is 19.1 Å². The fourth-order valence-electron chi connectivity index (χ4n) is 3.50. The summed E-state index contributed by atoms with van der Waals surface area (Å²) in [5.41, 5.74) is -2.67. The summed E-state index contributed by atoms with van der Waals surface area (Å²) in [6, 6.07) is 3.86. The maximum atomic E-state index is 13.7. The third-order valence-electron chi connectivity index (χ3n) is 5.54. The van der Waals surface area contributed by atoms with Gasteiger partial charge in [0.05, 0.1) is 37.6 Å². The molecule has 12 nitrogen and oxygen atoms in total. The number of fused-ring (bicyclic) bond motifs is 1. The molecule has 0 unspecified atom stereocenters. The van der Waals surface area contributed by atoms with Gasteiger partial charge in [0.25, 0.3) is 10.0 Å². The number of aliphatic hydroxyl groups excluding tert-OH is 1. The minimum Gasteiger partial charge on any atom is -0.484 e. The number of aromatic nitrogens is 2. The number of halogens is 3. The van der Waals surface area contributed by atoms with Crippen LogP contribution in [0.1, 0.15) is 26.5 Å². The van der Waals surface area contributed by atoms with Gasteiger partial charge in [-0.05, 0) is 39.0 Å². The lowest BCUT2D eigenvalue weighted by molar-refractivity contribution is -0.242. The van der Waals surface area contributed by atoms with Crippen molar-refractivity contribution in [2.75, 3.05) is 29.3 Å². The van der Waals surface area contributed by atoms with Crippen LogP contribution in [0.15, 0.2) is 29.3 Å². The molecular weight excluding hydrogens is 535 g/mol. The summed E-state index contributed by atoms with van der Waals surface area (Å²) in [5.74, 6) is -0.264. The molecule has 1 atom stereocenters. The first-order chi connectivity index (χ1) is 17.5. The van der Waals surface area contributed by atoms with Crippen molar-refractivity contribution in [2.24, 2.45) is 0 Å². The third kappa shape index (κ3) is 6.30. The Labute approximate surface area is 216 Å². The van der Waals surface area contributed by atoms with Gasteiger partial charge in [-0.2, -0.15) is 18.3 Å². The lowest BCUT2D eigenvalue weighted by Crippen LogP contribution is -2.48. The predicted molar refractivity (Wildman–Crippen MR) is 128 cm³/mol. The van der Waals surface area contributed by atoms with Crippen molar-refractivity contribution < 1.29 is 45.8 Å². The van der Waals surface area contributed by atoms with Crippen LogP contribution in [0.2, 0.25) is 0 Å². The Morgan fingerprint density at radius 1 is 1.29 bits per heavy atom. The molecule has 16 heteroatoms. The average molecular weight is 564 g/mol. The highest BCUT2D eigenvalue weighted by molar-refractivity contribution is 7.92. The maximum absolute atomic E-state index is 13.7. The number of carbonyl (C=O) groups excluding carboxylic acids is 2. The van der Waals surface area contributed by atoms with E-state index in [9.17, 15) is 36.3 Å². The number of aliphatic hydroxyl groups is 1. The largest absolute Gasteiger partial charge is 0.484 e. The summed E-state index contributed by atoms with van der Waals surface area (Å²) in [6.07, 6.45) is -5.74. The van der Waals surface area contributed by atoms with Crippen LogP contribution in [0.3, 0.4) is 0 Å². The highest BCUT2D eigenvalue weighted by Gasteiger charge is 2.51. The number of hydrogen-bond donors (Lipinski definition) is 3. The molecule has 3 N–H and O–H groups in total. The fourth-order valence-corrected chi connectivity index (χ4v) is 5.17. The number of benzene rings is 1. The van der Waals surface area contributed by atoms with Crippen molar-refractivity contribution >= 4 is 33.4 Å². The molecule has 3 rings (SSSR count). The minimum atomic E-state index is -4.82. The lowest BCUT2D eigenvalue weighted by atomic mass is 10.1. The second-order valence-electron chi connectivity index (χ2n) is 8.98. The van der Waals surface area contributed by atoms with Crippen LogP contribution < -0.4 is 19.7 Å². The molecule has 0 saturated heterocycles. The first kappa shape index (κ1) is 29.0. The van der Waals surface area contributed by atoms with E-state index in [-0.39, 0.29) is 59.9 Å². The highest BCUT2D eigenvalue weighted by Crippen LogP contribution is 2.40. The van der Waals surface area contributed by atoms with E-state index in [0.717, 1.165) is 4.31 Å². The zero-order valence-corrected chi connectivity index (χ0v) is 21.8. The van der Waals surface area contributed by atoms with Crippen LogP contribution in [-0.2, 0) is 26.1 Å². The number of hydrogen-bond acceptors (Lipinski definition) is 8. The van der Waals surface area contributed by atoms with Gasteiger partial charge in [0.1, 0.15) is 16.7 Å². The number of sulfonamides is 1. The van der Waals surface area contributed by atoms with Crippen LogP contribution in [0.5, 0.6) is 5.75 Å². The molecule has 1 aromatic carbocycles. The smallest absolute Gasteiger partial charge is 0.427 e. The number of ether oxygens (including phenoxy) is 2. The number of nitrogens with zero attached hydrogens (tertiary/aromatic N) is 3. The van der Waals surface area contributed by atoms with Crippen molar-refractivity contribution in [1.29, 1.82) is 0 Å². The molecule has 0 bridgehead atoms. The topological polar surface area (TPSA) is 152 Å². The zero-order valence-electron chi connectivity index (χ0n) is 21.0. The second kappa shape index (κ2) is 10.7. The van der Waals surface area contributed by atoms with Gasteiger partial charge in [0, 0.05) is 18.8 Å². The molecule has 0 fully saturated rings. The van der Waals surface area contributed by atoms with Crippen LogP contribution in [0.4, 0.5) is 29.3 Å². The Morgan fingerprint density at radius 2 is 1.97 bits per heavy atom. The molecule has 210 valence electrons. The van der Waals surface area contributed by atoms with Gasteiger partial charge >= 0.3 is 12.3 Å². The number of aryl methyl sites for hydroxylation is 1. The molecule has 1 aromatic heterocycles. The average Bonchev–Trinajstić information content (AvgIpc) is 3.17. The van der Waals surface area contributed by atoms with Gasteiger partial charge < -0.3 is 19.9 Å². The van der Waals surface area contributed by atoms with Crippen molar-refractivity contribution in [3.8, 4) is 5.75 Å². The molecule has 0 aliphatic carbocycles. The molecule has 38 heavy (non-hydrogen) atoms. The van der Waals surface area contributed by atoms with Crippen molar-refractivity contribution in [3.63, 3.8) is 0 Å². The Hall–Kier alpha value is -3.53. The summed E-state index contributed by atoms with van der Waals surface area (Å²) < 4.78 is 79.4. The lowest BCUT2D eigenvalue weighted by Gasteiger charge is -2.35. The molecule has 2 heterocycles. The quantitative estimate of drug-likeness (QED) is 0.442. The first-order valence-electron chi connectivity index (χ1n) is 11.3. The Balaban J connectivity index is 1.98. The molecule has 2 amide bonds. The zero-order chi connectivity index (χ0) is 28.5. The Bertz CT molecular complexity index is 1310. The van der Waals surface area contributed by atoms with E-state index in [0.29, 0.717) is 13.8 Å². The van der Waals surface area contributed by atoms with E-state index in [1.807, 2.05) is 0 Å². The minimum absolute atomic E-state index is 0.00809. The monoisotopic (exact) mass is 563 g/mol. The molecule has 2 aromatic rings. The van der Waals surface area contributed by atoms with Crippen LogP contribution in [0.25, 0.3) is 0 Å². The molecular formula is C22H28F3N5O7S. The molecule has 0 spiro atoms. The van der Waals surface area contributed by atoms with E-state index < -0.39 is 34.0 Å². The first-order valence-corrected chi connectivity index (χ1v) is 12.8. The number of nitrogens with one attached hydrogen (secondary N) is 2. The van der Waals surface area contributed by atoms with Crippen LogP contribution in [-0.4, -0.2) is 72.9 Å². The summed E-state index contributed by atoms with van der Waals surface area (Å²) >= 11 is 0. The number of alkyl halides is 3. The molecule has 0 radical (unpaired) electrons. The number of rotatable bonds is 8. The van der Waals surface area contributed by atoms with Crippen molar-refractivity contribution in [3.05, 3.63) is 30.1 Å². The van der Waals surface area contributed by atoms with Gasteiger partial charge in [-0.1, -0.05) is 0 Å². The third-order valence-corrected chi connectivity index (χ3v) is 7.43. The second-order valence-corrected chi connectivity index (χ2v) is 10.8. The number of carbonyl (C=O) groups is 2. The van der Waals surface area contributed by atoms with Crippen molar-refractivity contribution in [1.82, 2.24) is 15.1 Å². The fraction of sp³-hybridized carbons (Fsp3) is 0.500. The van der Waals surface area contributed by atoms with E-state index in [1.54, 1.807) is 0 Å².